The van der Waals surface area contributed by atoms with E-state index in [0.29, 0.717) is 5.69 Å². The largest absolute Gasteiger partial charge is 0.468 e. The highest BCUT2D eigenvalue weighted by molar-refractivity contribution is 8.01. The fourth-order valence-corrected chi connectivity index (χ4v) is 4.85. The predicted octanol–water partition coefficient (Wildman–Crippen LogP) is 4.06. The molecule has 130 valence electrons. The second-order valence-corrected chi connectivity index (χ2v) is 7.75. The van der Waals surface area contributed by atoms with Crippen molar-refractivity contribution in [2.45, 2.75) is 28.9 Å². The summed E-state index contributed by atoms with van der Waals surface area (Å²) in [4.78, 5) is 17.6. The third-order valence-corrected chi connectivity index (χ3v) is 6.44. The van der Waals surface area contributed by atoms with Crippen LogP contribution in [0.2, 0.25) is 0 Å². The molecule has 0 saturated heterocycles. The van der Waals surface area contributed by atoms with E-state index in [0.717, 1.165) is 40.8 Å². The van der Waals surface area contributed by atoms with Crippen LogP contribution in [0.5, 0.6) is 0 Å². The van der Waals surface area contributed by atoms with E-state index in [1.54, 1.807) is 18.0 Å². The molecule has 0 spiro atoms. The molecule has 0 aromatic carbocycles. The van der Waals surface area contributed by atoms with Crippen LogP contribution in [0.25, 0.3) is 16.6 Å². The second kappa shape index (κ2) is 6.50. The number of rotatable bonds is 4. The SMILES string of the molecule is COC(=O)C1(Sc2ccncc2-c2ccc(C#N)n3cccc23)CCC1. The predicted molar refractivity (Wildman–Crippen MR) is 99.8 cm³/mol. The first-order chi connectivity index (χ1) is 12.7. The minimum absolute atomic E-state index is 0.163. The van der Waals surface area contributed by atoms with Crippen molar-refractivity contribution in [1.29, 1.82) is 5.26 Å². The number of fused-ring (bicyclic) bond motifs is 1. The molecular formula is C20H17N3O2S. The van der Waals surface area contributed by atoms with Gasteiger partial charge in [0.2, 0.25) is 0 Å². The zero-order chi connectivity index (χ0) is 18.1. The van der Waals surface area contributed by atoms with E-state index in [2.05, 4.69) is 11.1 Å². The van der Waals surface area contributed by atoms with E-state index in [1.165, 1.54) is 7.11 Å². The minimum atomic E-state index is -0.504. The van der Waals surface area contributed by atoms with Crippen molar-refractivity contribution in [1.82, 2.24) is 9.38 Å². The van der Waals surface area contributed by atoms with Crippen molar-refractivity contribution in [2.75, 3.05) is 7.11 Å². The van der Waals surface area contributed by atoms with Gasteiger partial charge in [0.15, 0.2) is 0 Å². The van der Waals surface area contributed by atoms with Crippen LogP contribution >= 0.6 is 11.8 Å². The summed E-state index contributed by atoms with van der Waals surface area (Å²) in [7, 11) is 1.45. The van der Waals surface area contributed by atoms with Crippen LogP contribution in [0.4, 0.5) is 0 Å². The number of carbonyl (C=O) groups excluding carboxylic acids is 1. The maximum Gasteiger partial charge on any atom is 0.322 e. The minimum Gasteiger partial charge on any atom is -0.468 e. The van der Waals surface area contributed by atoms with Gasteiger partial charge in [-0.25, -0.2) is 0 Å². The van der Waals surface area contributed by atoms with Crippen molar-refractivity contribution in [2.24, 2.45) is 0 Å². The molecule has 4 rings (SSSR count). The first-order valence-corrected chi connectivity index (χ1v) is 9.22. The van der Waals surface area contributed by atoms with Gasteiger partial charge < -0.3 is 9.14 Å². The van der Waals surface area contributed by atoms with Crippen molar-refractivity contribution >= 4 is 23.2 Å². The molecule has 1 aliphatic carbocycles. The molecule has 0 atom stereocenters. The van der Waals surface area contributed by atoms with Crippen LogP contribution in [0.1, 0.15) is 25.0 Å². The van der Waals surface area contributed by atoms with Gasteiger partial charge in [0, 0.05) is 34.6 Å². The van der Waals surface area contributed by atoms with Crippen molar-refractivity contribution in [3.05, 3.63) is 54.6 Å². The molecular weight excluding hydrogens is 346 g/mol. The Morgan fingerprint density at radius 2 is 2.15 bits per heavy atom. The topological polar surface area (TPSA) is 67.4 Å². The fourth-order valence-electron chi connectivity index (χ4n) is 3.37. The van der Waals surface area contributed by atoms with E-state index in [9.17, 15) is 10.1 Å². The summed E-state index contributed by atoms with van der Waals surface area (Å²) in [5.41, 5.74) is 3.47. The van der Waals surface area contributed by atoms with E-state index in [4.69, 9.17) is 4.74 Å². The Kier molecular flexibility index (Phi) is 4.17. The quantitative estimate of drug-likeness (QED) is 0.654. The second-order valence-electron chi connectivity index (χ2n) is 6.32. The average Bonchev–Trinajstić information content (AvgIpc) is 3.13. The first kappa shape index (κ1) is 16.7. The third kappa shape index (κ3) is 2.56. The number of aromatic nitrogens is 2. The molecule has 0 radical (unpaired) electrons. The number of hydrogen-bond acceptors (Lipinski definition) is 5. The Bertz CT molecular complexity index is 1030. The van der Waals surface area contributed by atoms with Crippen molar-refractivity contribution in [3.63, 3.8) is 0 Å². The van der Waals surface area contributed by atoms with Crippen molar-refractivity contribution in [3.8, 4) is 17.2 Å². The van der Waals surface area contributed by atoms with Gasteiger partial charge >= 0.3 is 5.97 Å². The summed E-state index contributed by atoms with van der Waals surface area (Å²) in [5.74, 6) is -0.163. The van der Waals surface area contributed by atoms with Gasteiger partial charge in [-0.1, -0.05) is 0 Å². The summed E-state index contributed by atoms with van der Waals surface area (Å²) >= 11 is 1.56. The number of nitrogens with zero attached hydrogens (tertiary/aromatic N) is 3. The van der Waals surface area contributed by atoms with Crippen LogP contribution in [0.3, 0.4) is 0 Å². The van der Waals surface area contributed by atoms with Gasteiger partial charge in [0.1, 0.15) is 16.5 Å². The molecule has 0 amide bonds. The summed E-state index contributed by atoms with van der Waals surface area (Å²) in [6.45, 7) is 0. The smallest absolute Gasteiger partial charge is 0.322 e. The molecule has 5 nitrogen and oxygen atoms in total. The van der Waals surface area contributed by atoms with Gasteiger partial charge in [-0.3, -0.25) is 9.78 Å². The lowest BCUT2D eigenvalue weighted by molar-refractivity contribution is -0.145. The lowest BCUT2D eigenvalue weighted by Gasteiger charge is -2.38. The van der Waals surface area contributed by atoms with Gasteiger partial charge in [-0.2, -0.15) is 5.26 Å². The standard InChI is InChI=1S/C20H17N3O2S/c1-25-19(24)20(8-3-9-20)26-18-7-10-22-13-16(18)15-6-5-14(12-21)23-11-2-4-17(15)23/h2,4-7,10-11,13H,3,8-9H2,1H3. The molecule has 1 fully saturated rings. The zero-order valence-electron chi connectivity index (χ0n) is 14.3. The molecule has 1 saturated carbocycles. The molecule has 6 heteroatoms. The van der Waals surface area contributed by atoms with E-state index >= 15 is 0 Å². The summed E-state index contributed by atoms with van der Waals surface area (Å²) in [6.07, 6.45) is 8.11. The number of ether oxygens (including phenoxy) is 1. The maximum absolute atomic E-state index is 12.3. The lowest BCUT2D eigenvalue weighted by Crippen LogP contribution is -2.42. The average molecular weight is 363 g/mol. The number of thioether (sulfide) groups is 1. The Labute approximate surface area is 155 Å². The summed E-state index contributed by atoms with van der Waals surface area (Å²) in [5, 5.41) is 9.31. The van der Waals surface area contributed by atoms with Crippen LogP contribution in [-0.4, -0.2) is 27.2 Å². The Balaban J connectivity index is 1.82. The Hall–Kier alpha value is -2.78. The molecule has 26 heavy (non-hydrogen) atoms. The highest BCUT2D eigenvalue weighted by Gasteiger charge is 2.46. The summed E-state index contributed by atoms with van der Waals surface area (Å²) in [6, 6.07) is 11.8. The number of pyridine rings is 2. The number of esters is 1. The highest BCUT2D eigenvalue weighted by atomic mass is 32.2. The maximum atomic E-state index is 12.3. The van der Waals surface area contributed by atoms with E-state index in [-0.39, 0.29) is 5.97 Å². The van der Waals surface area contributed by atoms with Crippen LogP contribution < -0.4 is 0 Å². The van der Waals surface area contributed by atoms with Crippen LogP contribution in [0, 0.1) is 11.3 Å². The molecule has 0 N–H and O–H groups in total. The van der Waals surface area contributed by atoms with Crippen LogP contribution in [-0.2, 0) is 9.53 Å². The molecule has 0 bridgehead atoms. The summed E-state index contributed by atoms with van der Waals surface area (Å²) < 4.78 is 6.41. The van der Waals surface area contributed by atoms with Gasteiger partial charge in [0.05, 0.1) is 12.6 Å². The third-order valence-electron chi connectivity index (χ3n) is 4.90. The Morgan fingerprint density at radius 1 is 1.31 bits per heavy atom. The van der Waals surface area contributed by atoms with E-state index in [1.807, 2.05) is 47.1 Å². The molecule has 3 aromatic rings. The first-order valence-electron chi connectivity index (χ1n) is 8.40. The number of hydrogen-bond donors (Lipinski definition) is 0. The molecule has 1 aliphatic rings. The van der Waals surface area contributed by atoms with E-state index < -0.39 is 4.75 Å². The lowest BCUT2D eigenvalue weighted by atomic mass is 9.84. The van der Waals surface area contributed by atoms with Crippen molar-refractivity contribution < 1.29 is 9.53 Å². The molecule has 3 aromatic heterocycles. The molecule has 3 heterocycles. The van der Waals surface area contributed by atoms with Gasteiger partial charge in [-0.05, 0) is 49.6 Å². The zero-order valence-corrected chi connectivity index (χ0v) is 15.1. The Morgan fingerprint density at radius 3 is 2.85 bits per heavy atom. The molecule has 0 unspecified atom stereocenters. The van der Waals surface area contributed by atoms with Crippen LogP contribution in [0.15, 0.2) is 53.8 Å². The number of nitriles is 1. The number of carbonyl (C=O) groups is 1. The number of methoxy groups -OCH3 is 1. The van der Waals surface area contributed by atoms with Gasteiger partial charge in [-0.15, -0.1) is 11.8 Å². The van der Waals surface area contributed by atoms with Gasteiger partial charge in [0.25, 0.3) is 0 Å². The monoisotopic (exact) mass is 363 g/mol. The highest BCUT2D eigenvalue weighted by Crippen LogP contribution is 2.50. The normalized spacial score (nSPS) is 15.2. The molecule has 0 aliphatic heterocycles. The fraction of sp³-hybridized carbons (Fsp3) is 0.250.